The summed E-state index contributed by atoms with van der Waals surface area (Å²) >= 11 is 0. The maximum Gasteiger partial charge on any atom is 0.472 e. The Bertz CT molecular complexity index is 980. The van der Waals surface area contributed by atoms with Crippen LogP contribution in [0.2, 0.25) is 0 Å². The molecule has 10 heteroatoms. The van der Waals surface area contributed by atoms with Gasteiger partial charge >= 0.3 is 19.8 Å². The minimum absolute atomic E-state index is 0.0290. The average Bonchev–Trinajstić information content (AvgIpc) is 3.12. The summed E-state index contributed by atoms with van der Waals surface area (Å²) in [6, 6.07) is 0. The number of nitrogens with zero attached hydrogens (tertiary/aromatic N) is 1. The van der Waals surface area contributed by atoms with Gasteiger partial charge in [-0.05, 0) is 64.2 Å². The number of unbranched alkanes of at least 4 members (excludes halogenated alkanes) is 22. The monoisotopic (exact) mass is 787 g/mol. The number of hydrogen-bond acceptors (Lipinski definition) is 7. The van der Waals surface area contributed by atoms with E-state index < -0.39 is 26.5 Å². The van der Waals surface area contributed by atoms with Crippen LogP contribution in [-0.4, -0.2) is 74.9 Å². The van der Waals surface area contributed by atoms with Crippen molar-refractivity contribution in [1.82, 2.24) is 0 Å². The van der Waals surface area contributed by atoms with E-state index in [9.17, 15) is 19.0 Å². The Balaban J connectivity index is 4.39. The van der Waals surface area contributed by atoms with Gasteiger partial charge in [0.15, 0.2) is 6.10 Å². The molecule has 0 aliphatic heterocycles. The molecule has 0 aliphatic carbocycles. The van der Waals surface area contributed by atoms with Gasteiger partial charge in [-0.1, -0.05) is 141 Å². The molecule has 0 rings (SSSR count). The van der Waals surface area contributed by atoms with Crippen LogP contribution in [0.25, 0.3) is 0 Å². The molecular formula is C44H85NO8P+. The van der Waals surface area contributed by atoms with E-state index in [4.69, 9.17) is 18.5 Å². The highest BCUT2D eigenvalue weighted by Crippen LogP contribution is 2.43. The Morgan fingerprint density at radius 2 is 0.944 bits per heavy atom. The summed E-state index contributed by atoms with van der Waals surface area (Å²) < 4.78 is 34.3. The van der Waals surface area contributed by atoms with Gasteiger partial charge in [0.05, 0.1) is 27.7 Å². The fourth-order valence-corrected chi connectivity index (χ4v) is 6.69. The molecule has 318 valence electrons. The van der Waals surface area contributed by atoms with Crippen LogP contribution >= 0.6 is 7.82 Å². The molecule has 1 unspecified atom stereocenters. The number of allylic oxidation sites excluding steroid dienone is 4. The number of ether oxygens (including phenoxy) is 2. The SMILES string of the molecule is CCCCCCCCC/C=C\CCCCCCC(=O)OC[C@H](COP(=O)(O)OCC[N+](C)(C)C)OC(=O)CCCCCC/C=C/CCCCCCCCC. The molecule has 0 aromatic carbocycles. The van der Waals surface area contributed by atoms with Gasteiger partial charge in [0.1, 0.15) is 19.8 Å². The highest BCUT2D eigenvalue weighted by atomic mass is 31.2. The zero-order chi connectivity index (χ0) is 40.0. The highest BCUT2D eigenvalue weighted by molar-refractivity contribution is 7.47. The number of carbonyl (C=O) groups is 2. The maximum atomic E-state index is 12.7. The first-order valence-corrected chi connectivity index (χ1v) is 23.6. The van der Waals surface area contributed by atoms with E-state index in [-0.39, 0.29) is 32.0 Å². The Morgan fingerprint density at radius 3 is 1.37 bits per heavy atom. The van der Waals surface area contributed by atoms with Crippen LogP contribution in [0.5, 0.6) is 0 Å². The fourth-order valence-electron chi connectivity index (χ4n) is 5.94. The number of phosphoric acid groups is 1. The Morgan fingerprint density at radius 1 is 0.556 bits per heavy atom. The smallest absolute Gasteiger partial charge is 0.462 e. The van der Waals surface area contributed by atoms with E-state index in [1.807, 2.05) is 21.1 Å². The van der Waals surface area contributed by atoms with Crippen molar-refractivity contribution < 1.29 is 42.1 Å². The van der Waals surface area contributed by atoms with E-state index in [0.717, 1.165) is 70.6 Å². The normalized spacial score (nSPS) is 13.8. The minimum Gasteiger partial charge on any atom is -0.462 e. The van der Waals surface area contributed by atoms with Gasteiger partial charge in [-0.25, -0.2) is 4.57 Å². The minimum atomic E-state index is -4.38. The van der Waals surface area contributed by atoms with Gasteiger partial charge in [-0.3, -0.25) is 18.6 Å². The quantitative estimate of drug-likeness (QED) is 0.0215. The van der Waals surface area contributed by atoms with Gasteiger partial charge in [-0.2, -0.15) is 0 Å². The van der Waals surface area contributed by atoms with Gasteiger partial charge in [0.25, 0.3) is 0 Å². The summed E-state index contributed by atoms with van der Waals surface area (Å²) in [4.78, 5) is 35.3. The molecule has 0 amide bonds. The van der Waals surface area contributed by atoms with Crippen LogP contribution in [0.1, 0.15) is 194 Å². The maximum absolute atomic E-state index is 12.7. The Labute approximate surface area is 332 Å². The van der Waals surface area contributed by atoms with E-state index in [2.05, 4.69) is 38.2 Å². The number of esters is 2. The van der Waals surface area contributed by atoms with Gasteiger partial charge in [0, 0.05) is 12.8 Å². The topological polar surface area (TPSA) is 108 Å². The first-order valence-electron chi connectivity index (χ1n) is 22.1. The third kappa shape index (κ3) is 40.2. The van der Waals surface area contributed by atoms with Crippen LogP contribution in [0.4, 0.5) is 0 Å². The molecule has 2 atom stereocenters. The van der Waals surface area contributed by atoms with Crippen molar-refractivity contribution in [2.75, 3.05) is 47.5 Å². The lowest BCUT2D eigenvalue weighted by Crippen LogP contribution is -2.37. The first-order chi connectivity index (χ1) is 26.0. The average molecular weight is 787 g/mol. The Kier molecular flexibility index (Phi) is 36.1. The lowest BCUT2D eigenvalue weighted by Gasteiger charge is -2.24. The van der Waals surface area contributed by atoms with Crippen LogP contribution in [0.3, 0.4) is 0 Å². The summed E-state index contributed by atoms with van der Waals surface area (Å²) in [6.07, 6.45) is 39.3. The number of phosphoric ester groups is 1. The second-order valence-corrected chi connectivity index (χ2v) is 17.5. The third-order valence-corrected chi connectivity index (χ3v) is 10.4. The molecule has 0 heterocycles. The molecule has 1 N–H and O–H groups in total. The van der Waals surface area contributed by atoms with Crippen molar-refractivity contribution in [3.63, 3.8) is 0 Å². The van der Waals surface area contributed by atoms with E-state index in [1.54, 1.807) is 0 Å². The van der Waals surface area contributed by atoms with E-state index in [0.29, 0.717) is 17.4 Å². The van der Waals surface area contributed by atoms with Gasteiger partial charge in [-0.15, -0.1) is 0 Å². The van der Waals surface area contributed by atoms with Gasteiger partial charge < -0.3 is 18.9 Å². The van der Waals surface area contributed by atoms with Crippen molar-refractivity contribution in [2.24, 2.45) is 0 Å². The first kappa shape index (κ1) is 52.5. The van der Waals surface area contributed by atoms with Crippen LogP contribution in [-0.2, 0) is 32.7 Å². The molecule has 0 radical (unpaired) electrons. The van der Waals surface area contributed by atoms with Crippen molar-refractivity contribution >= 4 is 19.8 Å². The molecule has 0 saturated carbocycles. The molecule has 54 heavy (non-hydrogen) atoms. The highest BCUT2D eigenvalue weighted by Gasteiger charge is 2.27. The van der Waals surface area contributed by atoms with Gasteiger partial charge in [0.2, 0.25) is 0 Å². The zero-order valence-corrected chi connectivity index (χ0v) is 36.6. The predicted molar refractivity (Wildman–Crippen MR) is 224 cm³/mol. The molecule has 0 aliphatic rings. The molecular weight excluding hydrogens is 701 g/mol. The molecule has 0 saturated heterocycles. The Hall–Kier alpha value is -1.51. The van der Waals surface area contributed by atoms with Crippen molar-refractivity contribution in [1.29, 1.82) is 0 Å². The molecule has 0 aromatic heterocycles. The predicted octanol–water partition coefficient (Wildman–Crippen LogP) is 12.4. The summed E-state index contributed by atoms with van der Waals surface area (Å²) in [5.74, 6) is -0.821. The molecule has 0 fully saturated rings. The molecule has 9 nitrogen and oxygen atoms in total. The molecule has 0 bridgehead atoms. The van der Waals surface area contributed by atoms with Crippen LogP contribution < -0.4 is 0 Å². The summed E-state index contributed by atoms with van der Waals surface area (Å²) in [5.41, 5.74) is 0. The number of rotatable bonds is 40. The molecule has 0 spiro atoms. The standard InChI is InChI=1S/C44H84NO8P/c1-6-8-10-12-14-16-18-20-22-24-26-28-30-32-34-36-43(46)50-40-42(41-52-54(48,49)51-39-38-45(3,4)5)53-44(47)37-35-33-31-29-27-25-23-21-19-17-15-13-11-9-7-2/h22-25,42H,6-21,26-41H2,1-5H3/p+1/b24-22-,25-23+/t42-/m1/s1. The summed E-state index contributed by atoms with van der Waals surface area (Å²) in [5, 5.41) is 0. The lowest BCUT2D eigenvalue weighted by molar-refractivity contribution is -0.870. The van der Waals surface area contributed by atoms with E-state index in [1.165, 1.54) is 89.9 Å². The lowest BCUT2D eigenvalue weighted by atomic mass is 10.1. The number of hydrogen-bond donors (Lipinski definition) is 1. The van der Waals surface area contributed by atoms with E-state index >= 15 is 0 Å². The summed E-state index contributed by atoms with van der Waals surface area (Å²) in [7, 11) is 1.47. The fraction of sp³-hybridized carbons (Fsp3) is 0.864. The van der Waals surface area contributed by atoms with Crippen molar-refractivity contribution in [3.8, 4) is 0 Å². The van der Waals surface area contributed by atoms with Crippen molar-refractivity contribution in [3.05, 3.63) is 24.3 Å². The van der Waals surface area contributed by atoms with Crippen LogP contribution in [0.15, 0.2) is 24.3 Å². The second-order valence-electron chi connectivity index (χ2n) is 16.1. The van der Waals surface area contributed by atoms with Crippen LogP contribution in [0, 0.1) is 0 Å². The largest absolute Gasteiger partial charge is 0.472 e. The van der Waals surface area contributed by atoms with Crippen molar-refractivity contribution in [2.45, 2.75) is 200 Å². The number of carbonyl (C=O) groups excluding carboxylic acids is 2. The number of likely N-dealkylation sites (N-methyl/N-ethyl adjacent to an activating group) is 1. The second kappa shape index (κ2) is 37.1. The zero-order valence-electron chi connectivity index (χ0n) is 35.7. The number of quaternary nitrogens is 1. The molecule has 0 aromatic rings. The third-order valence-electron chi connectivity index (χ3n) is 9.45. The summed E-state index contributed by atoms with van der Waals surface area (Å²) in [6.45, 7) is 4.40.